The summed E-state index contributed by atoms with van der Waals surface area (Å²) in [6, 6.07) is 8.78. The van der Waals surface area contributed by atoms with Crippen molar-refractivity contribution in [3.05, 3.63) is 47.2 Å². The molecule has 0 aliphatic heterocycles. The molecule has 1 N–H and O–H groups in total. The number of amides is 1. The van der Waals surface area contributed by atoms with Crippen molar-refractivity contribution < 1.29 is 9.32 Å². The molecule has 5 heteroatoms. The first-order valence-electron chi connectivity index (χ1n) is 5.08. The minimum atomic E-state index is -0.231. The van der Waals surface area contributed by atoms with Gasteiger partial charge in [0.05, 0.1) is 0 Å². The summed E-state index contributed by atoms with van der Waals surface area (Å²) in [5, 5.41) is 6.33. The van der Waals surface area contributed by atoms with Crippen molar-refractivity contribution in [3.63, 3.8) is 0 Å². The standard InChI is InChI=1S/C12H11ClN2O2/c1-8-5-11(15-17-8)14-12(16)10-4-2-3-9(6-10)7-13/h2-6H,7H2,1H3,(H,14,15,16). The lowest BCUT2D eigenvalue weighted by Crippen LogP contribution is -2.12. The van der Waals surface area contributed by atoms with E-state index in [-0.39, 0.29) is 5.91 Å². The van der Waals surface area contributed by atoms with Crippen LogP contribution in [0.4, 0.5) is 5.82 Å². The number of nitrogens with one attached hydrogen (secondary N) is 1. The lowest BCUT2D eigenvalue weighted by atomic mass is 10.1. The number of carbonyl (C=O) groups excluding carboxylic acids is 1. The van der Waals surface area contributed by atoms with Gasteiger partial charge in [-0.2, -0.15) is 0 Å². The second-order valence-electron chi connectivity index (χ2n) is 3.61. The van der Waals surface area contributed by atoms with Gasteiger partial charge in [0.25, 0.3) is 5.91 Å². The van der Waals surface area contributed by atoms with Crippen LogP contribution < -0.4 is 5.32 Å². The number of aromatic nitrogens is 1. The van der Waals surface area contributed by atoms with E-state index in [0.717, 1.165) is 5.56 Å². The monoisotopic (exact) mass is 250 g/mol. The molecule has 0 radical (unpaired) electrons. The molecule has 1 amide bonds. The van der Waals surface area contributed by atoms with Gasteiger partial charge in [-0.25, -0.2) is 0 Å². The van der Waals surface area contributed by atoms with Crippen LogP contribution >= 0.6 is 11.6 Å². The van der Waals surface area contributed by atoms with Crippen LogP contribution in [-0.2, 0) is 5.88 Å². The fourth-order valence-corrected chi connectivity index (χ4v) is 1.58. The lowest BCUT2D eigenvalue weighted by molar-refractivity contribution is 0.102. The SMILES string of the molecule is Cc1cc(NC(=O)c2cccc(CCl)c2)no1. The topological polar surface area (TPSA) is 55.1 Å². The zero-order chi connectivity index (χ0) is 12.3. The molecule has 88 valence electrons. The van der Waals surface area contributed by atoms with Crippen molar-refractivity contribution in [2.24, 2.45) is 0 Å². The van der Waals surface area contributed by atoms with Gasteiger partial charge < -0.3 is 9.84 Å². The van der Waals surface area contributed by atoms with Crippen LogP contribution in [-0.4, -0.2) is 11.1 Å². The molecule has 0 atom stereocenters. The average molecular weight is 251 g/mol. The summed E-state index contributed by atoms with van der Waals surface area (Å²) in [5.41, 5.74) is 1.44. The zero-order valence-electron chi connectivity index (χ0n) is 9.24. The Labute approximate surface area is 104 Å². The second kappa shape index (κ2) is 5.01. The number of alkyl halides is 1. The number of carbonyl (C=O) groups is 1. The van der Waals surface area contributed by atoms with Gasteiger partial charge in [-0.05, 0) is 24.6 Å². The van der Waals surface area contributed by atoms with E-state index in [1.165, 1.54) is 0 Å². The molecule has 2 aromatic rings. The number of benzene rings is 1. The van der Waals surface area contributed by atoms with Crippen molar-refractivity contribution in [1.82, 2.24) is 5.16 Å². The molecule has 0 saturated carbocycles. The first kappa shape index (κ1) is 11.7. The molecule has 0 fully saturated rings. The van der Waals surface area contributed by atoms with Gasteiger partial charge in [0, 0.05) is 17.5 Å². The number of anilines is 1. The smallest absolute Gasteiger partial charge is 0.256 e. The van der Waals surface area contributed by atoms with Crippen molar-refractivity contribution >= 4 is 23.3 Å². The number of hydrogen-bond acceptors (Lipinski definition) is 3. The Kier molecular flexibility index (Phi) is 3.44. The molecule has 0 aliphatic carbocycles. The average Bonchev–Trinajstić information content (AvgIpc) is 2.75. The van der Waals surface area contributed by atoms with Gasteiger partial charge >= 0.3 is 0 Å². The summed E-state index contributed by atoms with van der Waals surface area (Å²) in [6.07, 6.45) is 0. The maximum atomic E-state index is 11.9. The first-order chi connectivity index (χ1) is 8.19. The fourth-order valence-electron chi connectivity index (χ4n) is 1.41. The van der Waals surface area contributed by atoms with Crippen LogP contribution in [0.1, 0.15) is 21.7 Å². The molecule has 0 bridgehead atoms. The third kappa shape index (κ3) is 2.85. The number of aryl methyl sites for hydroxylation is 1. The van der Waals surface area contributed by atoms with Crippen molar-refractivity contribution in [2.75, 3.05) is 5.32 Å². The number of halogens is 1. The number of rotatable bonds is 3. The fraction of sp³-hybridized carbons (Fsp3) is 0.167. The molecule has 0 saturated heterocycles. The highest BCUT2D eigenvalue weighted by Crippen LogP contribution is 2.12. The molecule has 2 rings (SSSR count). The highest BCUT2D eigenvalue weighted by atomic mass is 35.5. The van der Waals surface area contributed by atoms with Crippen LogP contribution in [0, 0.1) is 6.92 Å². The Hall–Kier alpha value is -1.81. The predicted octanol–water partition coefficient (Wildman–Crippen LogP) is 2.97. The molecule has 0 unspecified atom stereocenters. The van der Waals surface area contributed by atoms with Crippen LogP contribution in [0.15, 0.2) is 34.9 Å². The van der Waals surface area contributed by atoms with E-state index in [0.29, 0.717) is 23.0 Å². The Morgan fingerprint density at radius 2 is 2.29 bits per heavy atom. The highest BCUT2D eigenvalue weighted by molar-refractivity contribution is 6.17. The Balaban J connectivity index is 2.14. The first-order valence-corrected chi connectivity index (χ1v) is 5.62. The Morgan fingerprint density at radius 1 is 1.47 bits per heavy atom. The Morgan fingerprint density at radius 3 is 2.94 bits per heavy atom. The van der Waals surface area contributed by atoms with Crippen LogP contribution in [0.25, 0.3) is 0 Å². The normalized spacial score (nSPS) is 10.2. The molecular formula is C12H11ClN2O2. The molecule has 17 heavy (non-hydrogen) atoms. The van der Waals surface area contributed by atoms with Gasteiger partial charge in [0.2, 0.25) is 0 Å². The summed E-state index contributed by atoms with van der Waals surface area (Å²) in [6.45, 7) is 1.76. The summed E-state index contributed by atoms with van der Waals surface area (Å²) < 4.78 is 4.86. The summed E-state index contributed by atoms with van der Waals surface area (Å²) >= 11 is 5.71. The van der Waals surface area contributed by atoms with Crippen molar-refractivity contribution in [3.8, 4) is 0 Å². The van der Waals surface area contributed by atoms with Gasteiger partial charge in [-0.1, -0.05) is 17.3 Å². The quantitative estimate of drug-likeness (QED) is 0.852. The van der Waals surface area contributed by atoms with E-state index in [4.69, 9.17) is 16.1 Å². The molecule has 1 aromatic carbocycles. The minimum Gasteiger partial charge on any atom is -0.360 e. The van der Waals surface area contributed by atoms with E-state index in [9.17, 15) is 4.79 Å². The summed E-state index contributed by atoms with van der Waals surface area (Å²) in [7, 11) is 0. The third-order valence-corrected chi connectivity index (χ3v) is 2.52. The lowest BCUT2D eigenvalue weighted by Gasteiger charge is -2.02. The van der Waals surface area contributed by atoms with Crippen LogP contribution in [0.3, 0.4) is 0 Å². The maximum Gasteiger partial charge on any atom is 0.256 e. The van der Waals surface area contributed by atoms with Crippen molar-refractivity contribution in [2.45, 2.75) is 12.8 Å². The molecule has 0 aliphatic rings. The van der Waals surface area contributed by atoms with Crippen LogP contribution in [0.2, 0.25) is 0 Å². The van der Waals surface area contributed by atoms with Crippen molar-refractivity contribution in [1.29, 1.82) is 0 Å². The van der Waals surface area contributed by atoms with E-state index < -0.39 is 0 Å². The van der Waals surface area contributed by atoms with Gasteiger partial charge in [0.1, 0.15) is 5.76 Å². The molecule has 0 spiro atoms. The summed E-state index contributed by atoms with van der Waals surface area (Å²) in [5.74, 6) is 1.20. The highest BCUT2D eigenvalue weighted by Gasteiger charge is 2.08. The summed E-state index contributed by atoms with van der Waals surface area (Å²) in [4.78, 5) is 11.9. The molecule has 1 aromatic heterocycles. The minimum absolute atomic E-state index is 0.231. The van der Waals surface area contributed by atoms with Gasteiger partial charge in [-0.3, -0.25) is 4.79 Å². The molecule has 1 heterocycles. The van der Waals surface area contributed by atoms with E-state index in [2.05, 4.69) is 10.5 Å². The molecule has 4 nitrogen and oxygen atoms in total. The number of hydrogen-bond donors (Lipinski definition) is 1. The second-order valence-corrected chi connectivity index (χ2v) is 3.88. The largest absolute Gasteiger partial charge is 0.360 e. The van der Waals surface area contributed by atoms with E-state index in [1.54, 1.807) is 31.2 Å². The predicted molar refractivity (Wildman–Crippen MR) is 65.2 cm³/mol. The van der Waals surface area contributed by atoms with Gasteiger partial charge in [0.15, 0.2) is 5.82 Å². The Bertz CT molecular complexity index is 537. The van der Waals surface area contributed by atoms with E-state index >= 15 is 0 Å². The van der Waals surface area contributed by atoms with E-state index in [1.807, 2.05) is 6.07 Å². The number of nitrogens with zero attached hydrogens (tertiary/aromatic N) is 1. The maximum absolute atomic E-state index is 11.9. The van der Waals surface area contributed by atoms with Crippen LogP contribution in [0.5, 0.6) is 0 Å². The zero-order valence-corrected chi connectivity index (χ0v) is 9.99. The molecular weight excluding hydrogens is 240 g/mol. The van der Waals surface area contributed by atoms with Gasteiger partial charge in [-0.15, -0.1) is 11.6 Å². The third-order valence-electron chi connectivity index (χ3n) is 2.21.